The van der Waals surface area contributed by atoms with Gasteiger partial charge in [-0.1, -0.05) is 57.1 Å². The van der Waals surface area contributed by atoms with Crippen LogP contribution < -0.4 is 0 Å². The summed E-state index contributed by atoms with van der Waals surface area (Å²) in [4.78, 5) is 24.9. The molecule has 2 heterocycles. The predicted octanol–water partition coefficient (Wildman–Crippen LogP) is 4.19. The monoisotopic (exact) mass is 564 g/mol. The maximum Gasteiger partial charge on any atom is 0.333 e. The van der Waals surface area contributed by atoms with E-state index >= 15 is 0 Å². The average Bonchev–Trinajstić information content (AvgIpc) is 3.61. The lowest BCUT2D eigenvalue weighted by Crippen LogP contribution is -2.41. The molecule has 40 heavy (non-hydrogen) atoms. The van der Waals surface area contributed by atoms with E-state index < -0.39 is 42.1 Å². The smallest absolute Gasteiger partial charge is 0.333 e. The highest BCUT2D eigenvalue weighted by molar-refractivity contribution is 5.87. The summed E-state index contributed by atoms with van der Waals surface area (Å²) >= 11 is 0. The third-order valence-corrected chi connectivity index (χ3v) is 8.21. The highest BCUT2D eigenvalue weighted by Gasteiger charge is 2.38. The number of carbonyl (C=O) groups is 2. The minimum absolute atomic E-state index is 0.00520. The number of Topliss-reactive ketones (excluding diaryl/α,β-unsaturated/α-hetero) is 1. The fourth-order valence-corrected chi connectivity index (χ4v) is 5.44. The molecule has 0 aromatic heterocycles. The number of hydrogen-bond acceptors (Lipinski definition) is 8. The maximum absolute atomic E-state index is 12.6. The summed E-state index contributed by atoms with van der Waals surface area (Å²) in [5.41, 5.74) is 2.56. The molecule has 0 aromatic carbocycles. The first-order chi connectivity index (χ1) is 18.8. The number of ketones is 1. The minimum atomic E-state index is -1.68. The molecule has 4 N–H and O–H groups in total. The third kappa shape index (κ3) is 12.0. The first-order valence-corrected chi connectivity index (χ1v) is 14.9. The maximum atomic E-state index is 12.6. The van der Waals surface area contributed by atoms with Gasteiger partial charge in [-0.15, -0.1) is 0 Å². The van der Waals surface area contributed by atoms with Gasteiger partial charge in [0.1, 0.15) is 12.7 Å². The zero-order chi connectivity index (χ0) is 30.0. The van der Waals surface area contributed by atoms with E-state index in [1.807, 2.05) is 19.9 Å². The van der Waals surface area contributed by atoms with E-state index in [9.17, 15) is 30.0 Å². The Morgan fingerprint density at radius 2 is 1.60 bits per heavy atom. The standard InChI is InChI=1S/C32H52O8/c1-19-12-20(2)14-29-28(40-29)11-9-7-8-10-21(3)32(38)39-18-26(34)16-24(6)30(36)31(37)27(35)17-25(33)15-23(5)22(4)13-19/h10,13,20,23-26,28-31,33-34,36-37H,1,7-9,11-12,14-18H2,2-6H3/b21-10+,22-13+/t20-,23+,24-,25+,26+,28+,29+,30+,31+/m1/s1. The number of esters is 1. The van der Waals surface area contributed by atoms with E-state index in [1.54, 1.807) is 13.8 Å². The van der Waals surface area contributed by atoms with Gasteiger partial charge in [-0.2, -0.15) is 0 Å². The van der Waals surface area contributed by atoms with E-state index in [1.165, 1.54) is 0 Å². The number of carbonyl (C=O) groups excluding carboxylic acids is 2. The predicted molar refractivity (Wildman–Crippen MR) is 154 cm³/mol. The van der Waals surface area contributed by atoms with Crippen molar-refractivity contribution >= 4 is 11.8 Å². The number of allylic oxidation sites excluding steroid dienone is 4. The normalized spacial score (nSPS) is 40.0. The zero-order valence-electron chi connectivity index (χ0n) is 25.1. The summed E-state index contributed by atoms with van der Waals surface area (Å²) in [6.45, 7) is 13.4. The summed E-state index contributed by atoms with van der Waals surface area (Å²) in [5.74, 6) is -1.37. The second-order valence-corrected chi connectivity index (χ2v) is 12.3. The Hall–Kier alpha value is -1.84. The lowest BCUT2D eigenvalue weighted by Gasteiger charge is -2.26. The highest BCUT2D eigenvalue weighted by Crippen LogP contribution is 2.34. The van der Waals surface area contributed by atoms with Crippen LogP contribution in [0.2, 0.25) is 0 Å². The molecule has 228 valence electrons. The largest absolute Gasteiger partial charge is 0.460 e. The number of aliphatic hydroxyl groups excluding tert-OH is 4. The Kier molecular flexibility index (Phi) is 14.2. The molecule has 1 fully saturated rings. The van der Waals surface area contributed by atoms with Gasteiger partial charge in [0.25, 0.3) is 0 Å². The number of epoxide rings is 1. The topological polar surface area (TPSA) is 137 Å². The first-order valence-electron chi connectivity index (χ1n) is 14.9. The second kappa shape index (κ2) is 16.6. The van der Waals surface area contributed by atoms with Crippen LogP contribution in [0.3, 0.4) is 0 Å². The molecule has 2 aliphatic rings. The number of cyclic esters (lactones) is 1. The molecule has 2 rings (SSSR count). The summed E-state index contributed by atoms with van der Waals surface area (Å²) in [5, 5.41) is 41.8. The van der Waals surface area contributed by atoms with Gasteiger partial charge in [-0.3, -0.25) is 4.79 Å². The van der Waals surface area contributed by atoms with Crippen LogP contribution in [0.4, 0.5) is 0 Å². The molecule has 8 nitrogen and oxygen atoms in total. The molecule has 0 unspecified atom stereocenters. The van der Waals surface area contributed by atoms with Crippen LogP contribution in [0.5, 0.6) is 0 Å². The fraction of sp³-hybridized carbons (Fsp3) is 0.750. The van der Waals surface area contributed by atoms with Crippen molar-refractivity contribution < 1.29 is 39.5 Å². The number of aliphatic hydroxyl groups is 4. The minimum Gasteiger partial charge on any atom is -0.460 e. The van der Waals surface area contributed by atoms with Gasteiger partial charge in [0.2, 0.25) is 0 Å². The van der Waals surface area contributed by atoms with Crippen molar-refractivity contribution in [1.29, 1.82) is 0 Å². The molecular formula is C32H52O8. The molecule has 0 spiro atoms. The molecule has 0 amide bonds. The van der Waals surface area contributed by atoms with E-state index in [0.717, 1.165) is 49.7 Å². The molecule has 0 bridgehead atoms. The van der Waals surface area contributed by atoms with Crippen molar-refractivity contribution in [2.45, 2.75) is 129 Å². The molecule has 0 radical (unpaired) electrons. The van der Waals surface area contributed by atoms with E-state index in [-0.39, 0.29) is 31.5 Å². The van der Waals surface area contributed by atoms with Crippen LogP contribution in [-0.4, -0.2) is 75.4 Å². The summed E-state index contributed by atoms with van der Waals surface area (Å²) in [6.07, 6.45) is 5.00. The number of hydrogen-bond donors (Lipinski definition) is 4. The van der Waals surface area contributed by atoms with Crippen molar-refractivity contribution in [3.05, 3.63) is 35.5 Å². The van der Waals surface area contributed by atoms with Gasteiger partial charge in [-0.25, -0.2) is 4.79 Å². The van der Waals surface area contributed by atoms with Crippen LogP contribution >= 0.6 is 0 Å². The van der Waals surface area contributed by atoms with Crippen LogP contribution in [-0.2, 0) is 19.1 Å². The highest BCUT2D eigenvalue weighted by atomic mass is 16.6. The fourth-order valence-electron chi connectivity index (χ4n) is 5.44. The van der Waals surface area contributed by atoms with Crippen molar-refractivity contribution in [2.75, 3.05) is 6.61 Å². The van der Waals surface area contributed by atoms with Gasteiger partial charge in [0.05, 0.1) is 30.5 Å². The SMILES string of the molecule is C=C1/C=C(\C)[C@@H](C)C[C@H](O)CC(=O)[C@H](O)[C@@H](O)[C@H](C)C[C@H](O)COC(=O)/C(C)=C/CCCC[C@@H]2O[C@H]2C[C@H](C)C1. The van der Waals surface area contributed by atoms with Gasteiger partial charge in [-0.05, 0) is 76.5 Å². The Morgan fingerprint density at radius 1 is 0.900 bits per heavy atom. The van der Waals surface area contributed by atoms with Crippen molar-refractivity contribution in [2.24, 2.45) is 17.8 Å². The lowest BCUT2D eigenvalue weighted by molar-refractivity contribution is -0.143. The Balaban J connectivity index is 2.04. The molecule has 2 aliphatic heterocycles. The van der Waals surface area contributed by atoms with Crippen LogP contribution in [0.1, 0.15) is 92.4 Å². The van der Waals surface area contributed by atoms with E-state index in [4.69, 9.17) is 9.47 Å². The third-order valence-electron chi connectivity index (χ3n) is 8.21. The summed E-state index contributed by atoms with van der Waals surface area (Å²) in [6, 6.07) is 0. The van der Waals surface area contributed by atoms with Crippen molar-refractivity contribution in [1.82, 2.24) is 0 Å². The Labute approximate surface area is 240 Å². The van der Waals surface area contributed by atoms with Crippen LogP contribution in [0.25, 0.3) is 0 Å². The number of ether oxygens (including phenoxy) is 2. The molecular weight excluding hydrogens is 512 g/mol. The molecule has 9 atom stereocenters. The molecule has 0 aromatic rings. The molecule has 8 heteroatoms. The number of rotatable bonds is 0. The average molecular weight is 565 g/mol. The van der Waals surface area contributed by atoms with Crippen LogP contribution in [0, 0.1) is 17.8 Å². The van der Waals surface area contributed by atoms with Crippen molar-refractivity contribution in [3.8, 4) is 0 Å². The molecule has 0 aliphatic carbocycles. The van der Waals surface area contributed by atoms with Crippen molar-refractivity contribution in [3.63, 3.8) is 0 Å². The van der Waals surface area contributed by atoms with Crippen LogP contribution in [0.15, 0.2) is 35.5 Å². The zero-order valence-corrected chi connectivity index (χ0v) is 25.1. The lowest BCUT2D eigenvalue weighted by atomic mass is 9.88. The van der Waals surface area contributed by atoms with Gasteiger partial charge >= 0.3 is 5.97 Å². The van der Waals surface area contributed by atoms with Gasteiger partial charge in [0, 0.05) is 12.0 Å². The summed E-state index contributed by atoms with van der Waals surface area (Å²) in [7, 11) is 0. The van der Waals surface area contributed by atoms with E-state index in [0.29, 0.717) is 24.0 Å². The van der Waals surface area contributed by atoms with Gasteiger partial charge < -0.3 is 29.9 Å². The first kappa shape index (κ1) is 34.4. The Bertz CT molecular complexity index is 909. The second-order valence-electron chi connectivity index (χ2n) is 12.3. The Morgan fingerprint density at radius 3 is 2.30 bits per heavy atom. The molecule has 0 saturated carbocycles. The quantitative estimate of drug-likeness (QED) is 0.254. The summed E-state index contributed by atoms with van der Waals surface area (Å²) < 4.78 is 11.1. The molecule has 1 saturated heterocycles. The van der Waals surface area contributed by atoms with Gasteiger partial charge in [0.15, 0.2) is 5.78 Å². The van der Waals surface area contributed by atoms with E-state index in [2.05, 4.69) is 19.6 Å². The number of fused-ring (bicyclic) bond motifs is 1.